The zero-order chi connectivity index (χ0) is 9.10. The molecule has 0 saturated heterocycles. The lowest BCUT2D eigenvalue weighted by Gasteiger charge is -1.95. The third-order valence-electron chi connectivity index (χ3n) is 1.81. The van der Waals surface area contributed by atoms with Crippen molar-refractivity contribution in [3.05, 3.63) is 47.3 Å². The lowest BCUT2D eigenvalue weighted by molar-refractivity contribution is 0.563. The smallest absolute Gasteiger partial charge is 0.233 e. The van der Waals surface area contributed by atoms with Crippen LogP contribution < -0.4 is 0 Å². The molecule has 13 heavy (non-hydrogen) atoms. The van der Waals surface area contributed by atoms with Crippen LogP contribution in [0.15, 0.2) is 41.8 Å². The molecule has 1 aromatic carbocycles. The minimum Gasteiger partial charge on any atom is -0.285 e. The summed E-state index contributed by atoms with van der Waals surface area (Å²) < 4.78 is 0. The van der Waals surface area contributed by atoms with Crippen molar-refractivity contribution < 1.29 is 4.79 Å². The van der Waals surface area contributed by atoms with Crippen molar-refractivity contribution in [1.82, 2.24) is 0 Å². The molecule has 1 aromatic heterocycles. The molecule has 1 radical (unpaired) electrons. The second kappa shape index (κ2) is 3.54. The normalized spacial score (nSPS) is 9.85. The molecule has 2 heteroatoms. The molecule has 0 bridgehead atoms. The predicted octanol–water partition coefficient (Wildman–Crippen LogP) is 2.87. The van der Waals surface area contributed by atoms with E-state index < -0.39 is 0 Å². The molecule has 0 aliphatic heterocycles. The van der Waals surface area contributed by atoms with Crippen molar-refractivity contribution in [3.63, 3.8) is 0 Å². The Morgan fingerprint density at radius 3 is 2.38 bits per heavy atom. The van der Waals surface area contributed by atoms with Crippen LogP contribution in [0.25, 0.3) is 10.4 Å². The first kappa shape index (κ1) is 8.20. The van der Waals surface area contributed by atoms with Crippen LogP contribution in [0.4, 0.5) is 0 Å². The molecule has 1 heterocycles. The van der Waals surface area contributed by atoms with E-state index in [2.05, 4.69) is 6.07 Å². The van der Waals surface area contributed by atoms with Crippen molar-refractivity contribution in [2.45, 2.75) is 0 Å². The number of thiophene rings is 1. The van der Waals surface area contributed by atoms with Crippen LogP contribution in [0.1, 0.15) is 5.56 Å². The molecular formula is C11H7OS. The van der Waals surface area contributed by atoms with Gasteiger partial charge in [0.1, 0.15) is 0 Å². The standard InChI is InChI=1S/C11H7OS/c12-8-9-3-5-10(6-4-9)11-2-1-7-13-11/h1-7H. The summed E-state index contributed by atoms with van der Waals surface area (Å²) in [5.41, 5.74) is 1.74. The van der Waals surface area contributed by atoms with Gasteiger partial charge in [-0.3, -0.25) is 4.79 Å². The Hall–Kier alpha value is -1.41. The maximum Gasteiger partial charge on any atom is 0.233 e. The predicted molar refractivity (Wildman–Crippen MR) is 54.6 cm³/mol. The fourth-order valence-corrected chi connectivity index (χ4v) is 1.88. The van der Waals surface area contributed by atoms with Gasteiger partial charge in [0.15, 0.2) is 0 Å². The molecule has 0 N–H and O–H groups in total. The fourth-order valence-electron chi connectivity index (χ4n) is 1.15. The number of hydrogen-bond acceptors (Lipinski definition) is 2. The lowest BCUT2D eigenvalue weighted by Crippen LogP contribution is -1.78. The summed E-state index contributed by atoms with van der Waals surface area (Å²) in [6, 6.07) is 11.5. The first-order valence-corrected chi connectivity index (χ1v) is 4.80. The summed E-state index contributed by atoms with van der Waals surface area (Å²) in [5.74, 6) is 0. The fraction of sp³-hybridized carbons (Fsp3) is 0. The second-order valence-corrected chi connectivity index (χ2v) is 3.60. The minimum atomic E-state index is 0.598. The molecular weight excluding hydrogens is 180 g/mol. The Morgan fingerprint density at radius 1 is 1.08 bits per heavy atom. The quantitative estimate of drug-likeness (QED) is 0.706. The van der Waals surface area contributed by atoms with Crippen LogP contribution in [0.3, 0.4) is 0 Å². The van der Waals surface area contributed by atoms with E-state index in [4.69, 9.17) is 0 Å². The van der Waals surface area contributed by atoms with Crippen LogP contribution in [-0.2, 0) is 4.79 Å². The SMILES string of the molecule is O=[C]c1ccc(-c2cccs2)cc1. The van der Waals surface area contributed by atoms with E-state index in [1.807, 2.05) is 29.9 Å². The maximum atomic E-state index is 10.3. The molecule has 0 fully saturated rings. The summed E-state index contributed by atoms with van der Waals surface area (Å²) in [4.78, 5) is 11.5. The summed E-state index contributed by atoms with van der Waals surface area (Å²) in [6.07, 6.45) is 1.85. The molecule has 0 saturated carbocycles. The number of rotatable bonds is 2. The first-order valence-electron chi connectivity index (χ1n) is 3.92. The van der Waals surface area contributed by atoms with Gasteiger partial charge >= 0.3 is 0 Å². The highest BCUT2D eigenvalue weighted by Crippen LogP contribution is 2.24. The van der Waals surface area contributed by atoms with Gasteiger partial charge in [-0.15, -0.1) is 11.3 Å². The highest BCUT2D eigenvalue weighted by atomic mass is 32.1. The van der Waals surface area contributed by atoms with E-state index >= 15 is 0 Å². The van der Waals surface area contributed by atoms with Crippen LogP contribution in [0.2, 0.25) is 0 Å². The van der Waals surface area contributed by atoms with E-state index in [9.17, 15) is 4.79 Å². The number of benzene rings is 1. The Kier molecular flexibility index (Phi) is 2.23. The molecule has 0 atom stereocenters. The van der Waals surface area contributed by atoms with Crippen molar-refractivity contribution in [3.8, 4) is 10.4 Å². The van der Waals surface area contributed by atoms with Crippen LogP contribution in [-0.4, -0.2) is 6.29 Å². The average Bonchev–Trinajstić information content (AvgIpc) is 2.71. The van der Waals surface area contributed by atoms with Gasteiger partial charge in [0.2, 0.25) is 6.29 Å². The first-order chi connectivity index (χ1) is 6.40. The Bertz CT molecular complexity index is 387. The van der Waals surface area contributed by atoms with Gasteiger partial charge in [-0.05, 0) is 17.0 Å². The summed E-state index contributed by atoms with van der Waals surface area (Å²) in [6.45, 7) is 0. The van der Waals surface area contributed by atoms with Gasteiger partial charge in [0.05, 0.1) is 0 Å². The van der Waals surface area contributed by atoms with Crippen molar-refractivity contribution in [2.24, 2.45) is 0 Å². The summed E-state index contributed by atoms with van der Waals surface area (Å²) in [7, 11) is 0. The molecule has 2 rings (SSSR count). The van der Waals surface area contributed by atoms with E-state index in [1.54, 1.807) is 23.5 Å². The van der Waals surface area contributed by atoms with Gasteiger partial charge in [0, 0.05) is 10.4 Å². The number of hydrogen-bond donors (Lipinski definition) is 0. The van der Waals surface area contributed by atoms with Crippen molar-refractivity contribution >= 4 is 17.6 Å². The van der Waals surface area contributed by atoms with Gasteiger partial charge in [-0.1, -0.05) is 30.3 Å². The highest BCUT2D eigenvalue weighted by Gasteiger charge is 1.97. The molecule has 0 spiro atoms. The van der Waals surface area contributed by atoms with E-state index in [-0.39, 0.29) is 0 Å². The van der Waals surface area contributed by atoms with Gasteiger partial charge in [-0.2, -0.15) is 0 Å². The summed E-state index contributed by atoms with van der Waals surface area (Å²) in [5, 5.41) is 2.04. The molecule has 2 aromatic rings. The molecule has 0 aliphatic rings. The lowest BCUT2D eigenvalue weighted by atomic mass is 10.1. The van der Waals surface area contributed by atoms with Crippen molar-refractivity contribution in [1.29, 1.82) is 0 Å². The maximum absolute atomic E-state index is 10.3. The van der Waals surface area contributed by atoms with Crippen LogP contribution >= 0.6 is 11.3 Å². The van der Waals surface area contributed by atoms with E-state index in [1.165, 1.54) is 4.88 Å². The average molecular weight is 187 g/mol. The molecule has 0 aliphatic carbocycles. The molecule has 0 amide bonds. The monoisotopic (exact) mass is 187 g/mol. The highest BCUT2D eigenvalue weighted by molar-refractivity contribution is 7.13. The van der Waals surface area contributed by atoms with Crippen molar-refractivity contribution in [2.75, 3.05) is 0 Å². The van der Waals surface area contributed by atoms with Gasteiger partial charge < -0.3 is 0 Å². The zero-order valence-corrected chi connectivity index (χ0v) is 7.67. The topological polar surface area (TPSA) is 17.1 Å². The van der Waals surface area contributed by atoms with Gasteiger partial charge in [-0.25, -0.2) is 0 Å². The van der Waals surface area contributed by atoms with Crippen LogP contribution in [0, 0.1) is 0 Å². The largest absolute Gasteiger partial charge is 0.285 e. The van der Waals surface area contributed by atoms with Crippen LogP contribution in [0.5, 0.6) is 0 Å². The third kappa shape index (κ3) is 1.68. The Labute approximate surface area is 80.7 Å². The Balaban J connectivity index is 2.38. The Morgan fingerprint density at radius 2 is 1.85 bits per heavy atom. The molecule has 0 unspecified atom stereocenters. The number of carbonyl (C=O) groups excluding carboxylic acids is 1. The van der Waals surface area contributed by atoms with Gasteiger partial charge in [0.25, 0.3) is 0 Å². The second-order valence-electron chi connectivity index (χ2n) is 2.66. The third-order valence-corrected chi connectivity index (χ3v) is 2.73. The zero-order valence-electron chi connectivity index (χ0n) is 6.86. The summed E-state index contributed by atoms with van der Waals surface area (Å²) >= 11 is 1.69. The molecule has 63 valence electrons. The molecule has 1 nitrogen and oxygen atoms in total. The van der Waals surface area contributed by atoms with E-state index in [0.717, 1.165) is 5.56 Å². The van der Waals surface area contributed by atoms with E-state index in [0.29, 0.717) is 5.56 Å². The minimum absolute atomic E-state index is 0.598.